The van der Waals surface area contributed by atoms with E-state index in [1.165, 1.54) is 212 Å². The molecule has 10 aromatic rings. The number of hydrogen-bond acceptors (Lipinski definition) is 0. The van der Waals surface area contributed by atoms with Crippen LogP contribution in [-0.2, 0) is 16.2 Å². The van der Waals surface area contributed by atoms with E-state index >= 15 is 0 Å². The molecule has 0 amide bonds. The van der Waals surface area contributed by atoms with Crippen molar-refractivity contribution in [2.24, 2.45) is 0 Å². The van der Waals surface area contributed by atoms with Crippen molar-refractivity contribution >= 4 is 21.5 Å². The Hall–Kier alpha value is -7.28. The fourth-order valence-corrected chi connectivity index (χ4v) is 15.1. The zero-order valence-electron chi connectivity index (χ0n) is 47.9. The second-order valence-electron chi connectivity index (χ2n) is 24.9. The van der Waals surface area contributed by atoms with Crippen molar-refractivity contribution in [3.8, 4) is 77.9 Å². The summed E-state index contributed by atoms with van der Waals surface area (Å²) >= 11 is 0. The van der Waals surface area contributed by atoms with Gasteiger partial charge >= 0.3 is 0 Å². The Kier molecular flexibility index (Phi) is 13.4. The molecular formula is C79H78. The molecule has 0 radical (unpaired) electrons. The Morgan fingerprint density at radius 1 is 0.253 bits per heavy atom. The van der Waals surface area contributed by atoms with Gasteiger partial charge in [-0.25, -0.2) is 0 Å². The lowest BCUT2D eigenvalue weighted by molar-refractivity contribution is 0.398. The van der Waals surface area contributed by atoms with Crippen molar-refractivity contribution in [1.82, 2.24) is 0 Å². The third kappa shape index (κ3) is 8.63. The number of benzene rings is 10. The highest BCUT2D eigenvalue weighted by Gasteiger charge is 2.48. The molecule has 394 valence electrons. The van der Waals surface area contributed by atoms with Crippen molar-refractivity contribution in [3.63, 3.8) is 0 Å². The average molecular weight is 1030 g/mol. The van der Waals surface area contributed by atoms with E-state index in [4.69, 9.17) is 0 Å². The molecule has 0 aromatic heterocycles. The minimum absolute atomic E-state index is 0.0868. The van der Waals surface area contributed by atoms with Crippen molar-refractivity contribution in [2.75, 3.05) is 0 Å². The summed E-state index contributed by atoms with van der Waals surface area (Å²) < 4.78 is 0. The highest BCUT2D eigenvalue weighted by atomic mass is 14.5. The first-order valence-corrected chi connectivity index (χ1v) is 30.5. The van der Waals surface area contributed by atoms with Gasteiger partial charge in [0, 0.05) is 16.2 Å². The molecule has 0 spiro atoms. The minimum atomic E-state index is -0.201. The molecule has 0 saturated carbocycles. The van der Waals surface area contributed by atoms with Gasteiger partial charge in [0.25, 0.3) is 0 Å². The summed E-state index contributed by atoms with van der Waals surface area (Å²) in [5, 5.41) is 5.42. The Bertz CT molecular complexity index is 3630. The minimum Gasteiger partial charge on any atom is -0.0654 e. The average Bonchev–Trinajstić information content (AvgIpc) is 2.79. The molecule has 3 aliphatic rings. The molecule has 10 aromatic carbocycles. The summed E-state index contributed by atoms with van der Waals surface area (Å²) in [6, 6.07) is 75.0. The number of unbranched alkanes of at least 4 members (excludes halogenated alkanes) is 10. The van der Waals surface area contributed by atoms with Crippen molar-refractivity contribution in [3.05, 3.63) is 228 Å². The Morgan fingerprint density at radius 2 is 0.557 bits per heavy atom. The molecule has 0 saturated heterocycles. The van der Waals surface area contributed by atoms with Crippen LogP contribution in [0.25, 0.3) is 99.4 Å². The number of hydrogen-bond donors (Lipinski definition) is 0. The van der Waals surface area contributed by atoms with Gasteiger partial charge in [-0.2, -0.15) is 0 Å². The normalized spacial score (nSPS) is 14.7. The molecular weight excluding hydrogens is 949 g/mol. The van der Waals surface area contributed by atoms with E-state index in [0.29, 0.717) is 0 Å². The summed E-state index contributed by atoms with van der Waals surface area (Å²) in [6.07, 6.45) is 18.0. The van der Waals surface area contributed by atoms with Crippen molar-refractivity contribution in [1.29, 1.82) is 0 Å². The molecule has 0 bridgehead atoms. The molecule has 0 fully saturated rings. The van der Waals surface area contributed by atoms with Crippen LogP contribution < -0.4 is 0 Å². The molecule has 13 rings (SSSR count). The topological polar surface area (TPSA) is 0 Å². The monoisotopic (exact) mass is 1030 g/mol. The maximum Gasteiger partial charge on any atom is 0.0215 e. The fraction of sp³-hybridized carbons (Fsp3) is 0.291. The predicted molar refractivity (Wildman–Crippen MR) is 341 cm³/mol. The van der Waals surface area contributed by atoms with E-state index < -0.39 is 0 Å². The third-order valence-electron chi connectivity index (χ3n) is 19.5. The van der Waals surface area contributed by atoms with Crippen molar-refractivity contribution in [2.45, 2.75) is 148 Å². The lowest BCUT2D eigenvalue weighted by atomic mass is 9.69. The van der Waals surface area contributed by atoms with Crippen LogP contribution in [0.15, 0.2) is 194 Å². The van der Waals surface area contributed by atoms with E-state index in [0.717, 1.165) is 0 Å². The maximum absolute atomic E-state index is 2.78. The van der Waals surface area contributed by atoms with Gasteiger partial charge in [-0.05, 0) is 182 Å². The molecule has 0 unspecified atom stereocenters. The van der Waals surface area contributed by atoms with Crippen LogP contribution in [0.4, 0.5) is 0 Å². The molecule has 0 atom stereocenters. The summed E-state index contributed by atoms with van der Waals surface area (Å²) in [5.41, 5.74) is 27.6. The highest BCUT2D eigenvalue weighted by Crippen LogP contribution is 2.63. The van der Waals surface area contributed by atoms with Crippen LogP contribution in [-0.4, -0.2) is 0 Å². The van der Waals surface area contributed by atoms with Gasteiger partial charge in [-0.3, -0.25) is 0 Å². The van der Waals surface area contributed by atoms with E-state index in [2.05, 4.69) is 236 Å². The van der Waals surface area contributed by atoms with E-state index in [1.807, 2.05) is 0 Å². The standard InChI is InChI=1S/C79H78/c1-7-9-11-13-15-27-45-79(46-28-16-14-12-10-8-2)71-51-67-69(77(3,4)73-47-63(59-33-23-25-35-61(59)75(67)73)57-41-37-55(38-42-57)53-29-19-17-20-30-53)49-65(71)66-50-70-68(52-72(66)79)76-62-36-26-24-34-60(62)64(48-74(76)78(70,5)6)58-43-39-56(40-44-58)54-31-21-18-22-32-54/h17-26,29-44,47-52H,7-16,27-28,45-46H2,1-6H3. The first-order valence-electron chi connectivity index (χ1n) is 30.5. The Morgan fingerprint density at radius 3 is 0.949 bits per heavy atom. The van der Waals surface area contributed by atoms with Crippen LogP contribution in [0.5, 0.6) is 0 Å². The third-order valence-corrected chi connectivity index (χ3v) is 19.5. The Labute approximate surface area is 472 Å². The molecule has 0 heteroatoms. The summed E-state index contributed by atoms with van der Waals surface area (Å²) in [6.45, 7) is 14.7. The zero-order chi connectivity index (χ0) is 53.9. The molecule has 0 aliphatic heterocycles. The van der Waals surface area contributed by atoms with Gasteiger partial charge in [-0.15, -0.1) is 0 Å². The van der Waals surface area contributed by atoms with Gasteiger partial charge in [0.1, 0.15) is 0 Å². The molecule has 0 heterocycles. The maximum atomic E-state index is 2.78. The second kappa shape index (κ2) is 20.7. The smallest absolute Gasteiger partial charge is 0.0215 e. The molecule has 79 heavy (non-hydrogen) atoms. The fourth-order valence-electron chi connectivity index (χ4n) is 15.1. The van der Waals surface area contributed by atoms with Crippen LogP contribution >= 0.6 is 0 Å². The quantitative estimate of drug-likeness (QED) is 0.0752. The van der Waals surface area contributed by atoms with Crippen LogP contribution in [0.2, 0.25) is 0 Å². The second-order valence-corrected chi connectivity index (χ2v) is 24.9. The van der Waals surface area contributed by atoms with Gasteiger partial charge in [0.2, 0.25) is 0 Å². The molecule has 0 nitrogen and oxygen atoms in total. The van der Waals surface area contributed by atoms with Crippen LogP contribution in [0.1, 0.15) is 165 Å². The first-order chi connectivity index (χ1) is 38.6. The van der Waals surface area contributed by atoms with Crippen LogP contribution in [0, 0.1) is 0 Å². The SMILES string of the molecule is CCCCCCCCC1(CCCCCCCC)c2cc3c(cc2-c2cc4c(cc21)-c1c(cc(-c2ccc(-c5ccccc5)cc2)c2ccccc12)C4(C)C)C(C)(C)c1cc(-c2ccc(-c4ccccc4)cc2)c2ccccc2c1-3. The number of fused-ring (bicyclic) bond motifs is 13. The van der Waals surface area contributed by atoms with E-state index in [9.17, 15) is 0 Å². The van der Waals surface area contributed by atoms with Gasteiger partial charge in [0.05, 0.1) is 0 Å². The molecule has 0 N–H and O–H groups in total. The van der Waals surface area contributed by atoms with Gasteiger partial charge in [0.15, 0.2) is 0 Å². The van der Waals surface area contributed by atoms with Crippen LogP contribution in [0.3, 0.4) is 0 Å². The zero-order valence-corrected chi connectivity index (χ0v) is 47.9. The lowest BCUT2D eigenvalue weighted by Gasteiger charge is -2.34. The molecule has 3 aliphatic carbocycles. The predicted octanol–water partition coefficient (Wildman–Crippen LogP) is 23.0. The number of rotatable bonds is 18. The summed E-state index contributed by atoms with van der Waals surface area (Å²) in [5.74, 6) is 0. The van der Waals surface area contributed by atoms with Gasteiger partial charge < -0.3 is 0 Å². The van der Waals surface area contributed by atoms with E-state index in [1.54, 1.807) is 11.1 Å². The lowest BCUT2D eigenvalue weighted by Crippen LogP contribution is -2.26. The first kappa shape index (κ1) is 51.2. The summed E-state index contributed by atoms with van der Waals surface area (Å²) in [4.78, 5) is 0. The highest BCUT2D eigenvalue weighted by molar-refractivity contribution is 6.11. The largest absolute Gasteiger partial charge is 0.0654 e. The summed E-state index contributed by atoms with van der Waals surface area (Å²) in [7, 11) is 0. The van der Waals surface area contributed by atoms with Crippen molar-refractivity contribution < 1.29 is 0 Å². The van der Waals surface area contributed by atoms with Gasteiger partial charge in [-0.1, -0.05) is 276 Å². The van der Waals surface area contributed by atoms with E-state index in [-0.39, 0.29) is 16.2 Å². The Balaban J connectivity index is 0.986.